The number of hydrogen-bond donors (Lipinski definition) is 1. The van der Waals surface area contributed by atoms with Crippen LogP contribution in [-0.4, -0.2) is 70.9 Å². The van der Waals surface area contributed by atoms with Crippen molar-refractivity contribution in [1.82, 2.24) is 24.5 Å². The molecule has 0 saturated carbocycles. The van der Waals surface area contributed by atoms with Gasteiger partial charge >= 0.3 is 0 Å². The summed E-state index contributed by atoms with van der Waals surface area (Å²) in [5.41, 5.74) is 1.25. The summed E-state index contributed by atoms with van der Waals surface area (Å²) < 4.78 is 1.43. The number of carbonyl (C=O) groups excluding carboxylic acids is 1. The molecule has 0 aliphatic carbocycles. The first-order valence-electron chi connectivity index (χ1n) is 9.80. The Hall–Kier alpha value is -2.25. The molecule has 1 aliphatic heterocycles. The quantitative estimate of drug-likeness (QED) is 0.740. The minimum atomic E-state index is -0.351. The second kappa shape index (κ2) is 9.10. The molecule has 3 rings (SSSR count). The molecule has 7 nitrogen and oxygen atoms in total. The van der Waals surface area contributed by atoms with E-state index in [2.05, 4.69) is 27.0 Å². The van der Waals surface area contributed by atoms with Crippen molar-refractivity contribution in [2.75, 3.05) is 45.8 Å². The topological polar surface area (TPSA) is 69.9 Å². The lowest BCUT2D eigenvalue weighted by molar-refractivity contribution is 0.0946. The van der Waals surface area contributed by atoms with Crippen LogP contribution < -0.4 is 10.9 Å². The predicted molar refractivity (Wildman–Crippen MR) is 106 cm³/mol. The first-order chi connectivity index (χ1) is 13.1. The molecule has 0 atom stereocenters. The van der Waals surface area contributed by atoms with Gasteiger partial charge in [-0.05, 0) is 44.5 Å². The van der Waals surface area contributed by atoms with E-state index in [0.717, 1.165) is 44.7 Å². The Balaban J connectivity index is 1.48. The van der Waals surface area contributed by atoms with Crippen LogP contribution in [0.4, 0.5) is 0 Å². The van der Waals surface area contributed by atoms with Crippen molar-refractivity contribution in [1.29, 1.82) is 0 Å². The minimum Gasteiger partial charge on any atom is -0.352 e. The van der Waals surface area contributed by atoms with Gasteiger partial charge in [0.15, 0.2) is 0 Å². The van der Waals surface area contributed by atoms with Gasteiger partial charge in [-0.15, -0.1) is 0 Å². The van der Waals surface area contributed by atoms with E-state index in [1.165, 1.54) is 23.6 Å². The zero-order valence-electron chi connectivity index (χ0n) is 16.3. The number of rotatable bonds is 7. The van der Waals surface area contributed by atoms with Crippen LogP contribution in [0.25, 0.3) is 5.65 Å². The van der Waals surface area contributed by atoms with Crippen molar-refractivity contribution in [2.24, 2.45) is 0 Å². The Kier molecular flexibility index (Phi) is 6.58. The van der Waals surface area contributed by atoms with Gasteiger partial charge in [0.25, 0.3) is 11.5 Å². The molecule has 146 valence electrons. The molecule has 2 aromatic heterocycles. The molecule has 3 heterocycles. The monoisotopic (exact) mass is 371 g/mol. The molecule has 1 N–H and O–H groups in total. The molecule has 1 amide bonds. The fraction of sp³-hybridized carbons (Fsp3) is 0.550. The van der Waals surface area contributed by atoms with Gasteiger partial charge in [0, 0.05) is 45.1 Å². The fourth-order valence-electron chi connectivity index (χ4n) is 3.56. The number of amides is 1. The van der Waals surface area contributed by atoms with Crippen molar-refractivity contribution in [2.45, 2.75) is 26.7 Å². The molecule has 0 spiro atoms. The van der Waals surface area contributed by atoms with Crippen molar-refractivity contribution < 1.29 is 4.79 Å². The maximum absolute atomic E-state index is 12.5. The lowest BCUT2D eigenvalue weighted by atomic mass is 10.2. The number of carbonyl (C=O) groups is 1. The van der Waals surface area contributed by atoms with Crippen LogP contribution in [-0.2, 0) is 0 Å². The van der Waals surface area contributed by atoms with E-state index >= 15 is 0 Å². The van der Waals surface area contributed by atoms with Crippen molar-refractivity contribution in [3.05, 3.63) is 46.0 Å². The number of aromatic nitrogens is 2. The van der Waals surface area contributed by atoms with Crippen molar-refractivity contribution in [3.8, 4) is 0 Å². The maximum Gasteiger partial charge on any atom is 0.270 e. The summed E-state index contributed by atoms with van der Waals surface area (Å²) in [5, 5.41) is 2.86. The van der Waals surface area contributed by atoms with Gasteiger partial charge in [0.1, 0.15) is 11.2 Å². The number of nitrogens with one attached hydrogen (secondary N) is 1. The molecule has 2 aromatic rings. The molecule has 7 heteroatoms. The summed E-state index contributed by atoms with van der Waals surface area (Å²) in [6.45, 7) is 11.2. The van der Waals surface area contributed by atoms with Crippen LogP contribution >= 0.6 is 0 Å². The zero-order valence-corrected chi connectivity index (χ0v) is 16.3. The molecule has 0 aromatic carbocycles. The summed E-state index contributed by atoms with van der Waals surface area (Å²) in [7, 11) is 0. The van der Waals surface area contributed by atoms with Gasteiger partial charge in [0.2, 0.25) is 0 Å². The molecule has 0 radical (unpaired) electrons. The Labute approximate surface area is 160 Å². The summed E-state index contributed by atoms with van der Waals surface area (Å²) in [4.78, 5) is 34.1. The molecule has 1 aliphatic rings. The zero-order chi connectivity index (χ0) is 19.2. The Morgan fingerprint density at radius 3 is 2.59 bits per heavy atom. The first-order valence-corrected chi connectivity index (χ1v) is 9.80. The largest absolute Gasteiger partial charge is 0.352 e. The Morgan fingerprint density at radius 1 is 1.19 bits per heavy atom. The highest BCUT2D eigenvalue weighted by molar-refractivity contribution is 5.93. The summed E-state index contributed by atoms with van der Waals surface area (Å²) >= 11 is 0. The van der Waals surface area contributed by atoms with E-state index in [1.54, 1.807) is 12.3 Å². The highest BCUT2D eigenvalue weighted by Crippen LogP contribution is 2.05. The van der Waals surface area contributed by atoms with E-state index in [1.807, 2.05) is 13.0 Å². The minimum absolute atomic E-state index is 0.0891. The number of piperazine rings is 1. The number of fused-ring (bicyclic) bond motifs is 1. The van der Waals surface area contributed by atoms with Crippen molar-refractivity contribution >= 4 is 11.6 Å². The van der Waals surface area contributed by atoms with E-state index in [0.29, 0.717) is 12.2 Å². The fourth-order valence-corrected chi connectivity index (χ4v) is 3.56. The normalized spacial score (nSPS) is 15.9. The molecular weight excluding hydrogens is 342 g/mol. The van der Waals surface area contributed by atoms with Crippen LogP contribution in [0.2, 0.25) is 0 Å². The van der Waals surface area contributed by atoms with Crippen molar-refractivity contribution in [3.63, 3.8) is 0 Å². The SMILES string of the molecule is CCCN1CCN(CCCNC(=O)c2cnc3c(C)cccn3c2=O)CC1. The van der Waals surface area contributed by atoms with Crippen LogP contribution in [0.3, 0.4) is 0 Å². The maximum atomic E-state index is 12.5. The third-order valence-electron chi connectivity index (χ3n) is 5.11. The molecular formula is C20H29N5O2. The van der Waals surface area contributed by atoms with Gasteiger partial charge in [-0.3, -0.25) is 14.0 Å². The van der Waals surface area contributed by atoms with Crippen LogP contribution in [0.5, 0.6) is 0 Å². The molecule has 0 unspecified atom stereocenters. The van der Waals surface area contributed by atoms with Gasteiger partial charge in [-0.25, -0.2) is 4.98 Å². The highest BCUT2D eigenvalue weighted by Gasteiger charge is 2.16. The predicted octanol–water partition coefficient (Wildman–Crippen LogP) is 1.15. The van der Waals surface area contributed by atoms with E-state index in [-0.39, 0.29) is 17.0 Å². The number of nitrogens with zero attached hydrogens (tertiary/aromatic N) is 4. The van der Waals surface area contributed by atoms with E-state index in [4.69, 9.17) is 0 Å². The average molecular weight is 371 g/mol. The van der Waals surface area contributed by atoms with Gasteiger partial charge in [-0.1, -0.05) is 13.0 Å². The lowest BCUT2D eigenvalue weighted by Crippen LogP contribution is -2.47. The number of hydrogen-bond acceptors (Lipinski definition) is 5. The summed E-state index contributed by atoms with van der Waals surface area (Å²) in [5.74, 6) is -0.351. The van der Waals surface area contributed by atoms with Gasteiger partial charge in [-0.2, -0.15) is 0 Å². The Morgan fingerprint density at radius 2 is 1.89 bits per heavy atom. The van der Waals surface area contributed by atoms with Crippen LogP contribution in [0.15, 0.2) is 29.3 Å². The number of aryl methyl sites for hydroxylation is 1. The Bertz CT molecular complexity index is 840. The third kappa shape index (κ3) is 4.73. The second-order valence-corrected chi connectivity index (χ2v) is 7.15. The number of pyridine rings is 1. The summed E-state index contributed by atoms with van der Waals surface area (Å²) in [6.07, 6.45) is 5.11. The third-order valence-corrected chi connectivity index (χ3v) is 5.11. The second-order valence-electron chi connectivity index (χ2n) is 7.15. The average Bonchev–Trinajstić information content (AvgIpc) is 2.67. The van der Waals surface area contributed by atoms with Gasteiger partial charge < -0.3 is 15.1 Å². The van der Waals surface area contributed by atoms with E-state index in [9.17, 15) is 9.59 Å². The lowest BCUT2D eigenvalue weighted by Gasteiger charge is -2.34. The molecule has 0 bridgehead atoms. The van der Waals surface area contributed by atoms with E-state index < -0.39 is 0 Å². The molecule has 27 heavy (non-hydrogen) atoms. The first kappa shape index (κ1) is 19.5. The van der Waals surface area contributed by atoms with Crippen LogP contribution in [0.1, 0.15) is 35.7 Å². The summed E-state index contributed by atoms with van der Waals surface area (Å²) in [6, 6.07) is 3.68. The molecule has 1 fully saturated rings. The highest BCUT2D eigenvalue weighted by atomic mass is 16.2. The smallest absolute Gasteiger partial charge is 0.270 e. The van der Waals surface area contributed by atoms with Crippen LogP contribution in [0, 0.1) is 6.92 Å². The standard InChI is InChI=1S/C20H29N5O2/c1-3-8-23-11-13-24(14-12-23)9-5-7-21-19(26)17-15-22-18-16(2)6-4-10-25(18)20(17)27/h4,6,10,15H,3,5,7-9,11-14H2,1-2H3,(H,21,26). The molecule has 1 saturated heterocycles. The van der Waals surface area contributed by atoms with Gasteiger partial charge in [0.05, 0.1) is 0 Å².